The number of hydrogen-bond donors (Lipinski definition) is 5. The Morgan fingerprint density at radius 2 is 2.21 bits per heavy atom. The Hall–Kier alpha value is -1.18. The fraction of sp³-hybridized carbons (Fsp3) is 0.600. The molecule has 1 aromatic rings. The summed E-state index contributed by atoms with van der Waals surface area (Å²) in [5.74, 6) is 0. The molecule has 1 aliphatic rings. The maximum absolute atomic E-state index is 12.0. The molecular formula is C10H16N3O9PS. The summed E-state index contributed by atoms with van der Waals surface area (Å²) < 4.78 is 43.8. The minimum Gasteiger partial charge on any atom is -0.390 e. The van der Waals surface area contributed by atoms with E-state index in [-0.39, 0.29) is 5.56 Å². The molecule has 14 heteroatoms. The van der Waals surface area contributed by atoms with Crippen LogP contribution >= 0.6 is 8.53 Å². The number of rotatable bonds is 5. The van der Waals surface area contributed by atoms with Crippen LogP contribution in [0.25, 0.3) is 0 Å². The molecule has 0 aliphatic carbocycles. The highest BCUT2D eigenvalue weighted by molar-refractivity contribution is 7.86. The van der Waals surface area contributed by atoms with Crippen molar-refractivity contribution >= 4 is 18.6 Å². The average Bonchev–Trinajstić information content (AvgIpc) is 2.78. The summed E-state index contributed by atoms with van der Waals surface area (Å²) >= 11 is 0. The van der Waals surface area contributed by atoms with E-state index in [9.17, 15) is 27.7 Å². The second kappa shape index (κ2) is 6.61. The highest BCUT2D eigenvalue weighted by atomic mass is 32.2. The lowest BCUT2D eigenvalue weighted by atomic mass is 10.2. The largest absolute Gasteiger partial charge is 0.390 e. The van der Waals surface area contributed by atoms with Gasteiger partial charge in [-0.05, 0) is 6.92 Å². The van der Waals surface area contributed by atoms with Crippen molar-refractivity contribution in [2.45, 2.75) is 30.6 Å². The minimum absolute atomic E-state index is 0.0174. The molecule has 6 N–H and O–H groups in total. The molecule has 0 spiro atoms. The van der Waals surface area contributed by atoms with Gasteiger partial charge in [-0.2, -0.15) is 8.42 Å². The molecule has 12 nitrogen and oxygen atoms in total. The Bertz CT molecular complexity index is 835. The van der Waals surface area contributed by atoms with Gasteiger partial charge in [0.1, 0.15) is 6.10 Å². The van der Waals surface area contributed by atoms with Crippen LogP contribution in [-0.2, 0) is 24.4 Å². The van der Waals surface area contributed by atoms with E-state index < -0.39 is 60.2 Å². The molecule has 0 radical (unpaired) electrons. The van der Waals surface area contributed by atoms with Gasteiger partial charge in [-0.3, -0.25) is 24.4 Å². The van der Waals surface area contributed by atoms with Crippen molar-refractivity contribution in [2.75, 3.05) is 6.61 Å². The van der Waals surface area contributed by atoms with Crippen molar-refractivity contribution in [2.24, 2.45) is 5.50 Å². The van der Waals surface area contributed by atoms with Crippen LogP contribution in [-0.4, -0.2) is 51.3 Å². The molecule has 1 unspecified atom stereocenters. The quantitative estimate of drug-likeness (QED) is 0.271. The normalized spacial score (nSPS) is 28.9. The Morgan fingerprint density at radius 3 is 2.75 bits per heavy atom. The molecule has 0 amide bonds. The van der Waals surface area contributed by atoms with Gasteiger partial charge >= 0.3 is 15.8 Å². The fourth-order valence-electron chi connectivity index (χ4n) is 2.32. The van der Waals surface area contributed by atoms with E-state index in [1.807, 2.05) is 4.98 Å². The van der Waals surface area contributed by atoms with Crippen LogP contribution in [0, 0.1) is 6.92 Å². The van der Waals surface area contributed by atoms with Crippen LogP contribution in [0.15, 0.2) is 15.8 Å². The molecule has 0 aromatic carbocycles. The monoisotopic (exact) mass is 385 g/mol. The molecule has 24 heavy (non-hydrogen) atoms. The fourth-order valence-corrected chi connectivity index (χ4v) is 3.63. The third kappa shape index (κ3) is 3.43. The molecule has 0 saturated carbocycles. The lowest BCUT2D eigenvalue weighted by molar-refractivity contribution is -0.0691. The van der Waals surface area contributed by atoms with Gasteiger partial charge in [0.25, 0.3) is 10.6 Å². The number of aryl methyl sites for hydroxylation is 1. The van der Waals surface area contributed by atoms with Gasteiger partial charge in [0, 0.05) is 18.2 Å². The summed E-state index contributed by atoms with van der Waals surface area (Å²) in [5.41, 5.74) is 3.13. The lowest BCUT2D eigenvalue weighted by Gasteiger charge is -2.27. The summed E-state index contributed by atoms with van der Waals surface area (Å²) in [5, 5.41) is 7.34. The number of nitrogens with zero attached hydrogens (tertiary/aromatic N) is 1. The van der Waals surface area contributed by atoms with E-state index in [2.05, 4.69) is 0 Å². The standard InChI is InChI=1S/C10H16N3O9PS/c1-5-3-13(9(16)12-8(5)15)10(24(18,19)20)2-6(14)7(22-10)4-21-23(11)17/h3,6-7,14,17H,2,4,11H2,1H3,(H,12,15,16)(H,18,19,20)/t6-,7+,10-,23?/m0/s1. The van der Waals surface area contributed by atoms with Gasteiger partial charge in [0.05, 0.1) is 12.7 Å². The topological polar surface area (TPSA) is 194 Å². The molecule has 136 valence electrons. The predicted octanol–water partition coefficient (Wildman–Crippen LogP) is -2.31. The summed E-state index contributed by atoms with van der Waals surface area (Å²) in [6.07, 6.45) is -2.57. The number of nitrogens with one attached hydrogen (secondary N) is 1. The van der Waals surface area contributed by atoms with E-state index in [0.29, 0.717) is 4.57 Å². The molecule has 1 saturated heterocycles. The highest BCUT2D eigenvalue weighted by Gasteiger charge is 2.57. The first-order chi connectivity index (χ1) is 11.0. The number of nitrogens with two attached hydrogens (primary N) is 1. The summed E-state index contributed by atoms with van der Waals surface area (Å²) in [6, 6.07) is 0. The number of H-pyrrole nitrogens is 1. The zero-order chi connectivity index (χ0) is 18.3. The molecule has 1 fully saturated rings. The van der Waals surface area contributed by atoms with Crippen LogP contribution in [0.3, 0.4) is 0 Å². The van der Waals surface area contributed by atoms with Gasteiger partial charge in [-0.25, -0.2) is 4.79 Å². The Morgan fingerprint density at radius 1 is 1.58 bits per heavy atom. The maximum atomic E-state index is 12.0. The molecule has 1 aromatic heterocycles. The van der Waals surface area contributed by atoms with Crippen molar-refractivity contribution in [1.29, 1.82) is 0 Å². The summed E-state index contributed by atoms with van der Waals surface area (Å²) in [4.78, 5) is 34.3. The van der Waals surface area contributed by atoms with Crippen LogP contribution < -0.4 is 16.8 Å². The van der Waals surface area contributed by atoms with Gasteiger partial charge in [0.15, 0.2) is 0 Å². The highest BCUT2D eigenvalue weighted by Crippen LogP contribution is 2.39. The third-order valence-corrected chi connectivity index (χ3v) is 5.17. The number of ether oxygens (including phenoxy) is 1. The van der Waals surface area contributed by atoms with Gasteiger partial charge in [-0.15, -0.1) is 0 Å². The zero-order valence-electron chi connectivity index (χ0n) is 12.3. The average molecular weight is 385 g/mol. The molecule has 4 atom stereocenters. The SMILES string of the molecule is Cc1cn([C@@]2(S(=O)(=O)O)C[C@H](O)[C@@H](COP(N)O)O2)c(=O)[nH]c1=O. The van der Waals surface area contributed by atoms with Crippen molar-refractivity contribution in [1.82, 2.24) is 9.55 Å². The first kappa shape index (κ1) is 19.1. The molecule has 0 bridgehead atoms. The van der Waals surface area contributed by atoms with Crippen molar-refractivity contribution < 1.29 is 32.2 Å². The summed E-state index contributed by atoms with van der Waals surface area (Å²) in [6.45, 7) is 0.833. The van der Waals surface area contributed by atoms with E-state index >= 15 is 0 Å². The van der Waals surface area contributed by atoms with Crippen LogP contribution in [0.2, 0.25) is 0 Å². The lowest BCUT2D eigenvalue weighted by Crippen LogP contribution is -2.49. The van der Waals surface area contributed by atoms with Gasteiger partial charge < -0.3 is 19.3 Å². The van der Waals surface area contributed by atoms with Crippen LogP contribution in [0.1, 0.15) is 12.0 Å². The minimum atomic E-state index is -5.06. The Labute approximate surface area is 136 Å². The van der Waals surface area contributed by atoms with E-state index in [1.54, 1.807) is 0 Å². The van der Waals surface area contributed by atoms with E-state index in [0.717, 1.165) is 6.20 Å². The first-order valence-electron chi connectivity index (χ1n) is 6.50. The molecule has 2 rings (SSSR count). The number of aromatic nitrogens is 2. The number of aliphatic hydroxyl groups excluding tert-OH is 1. The molecule has 2 heterocycles. The molecular weight excluding hydrogens is 369 g/mol. The Kier molecular flexibility index (Phi) is 5.28. The second-order valence-corrected chi connectivity index (χ2v) is 7.61. The second-order valence-electron chi connectivity index (χ2n) is 5.16. The smallest absolute Gasteiger partial charge is 0.331 e. The molecule has 1 aliphatic heterocycles. The predicted molar refractivity (Wildman–Crippen MR) is 80.4 cm³/mol. The summed E-state index contributed by atoms with van der Waals surface area (Å²) in [7, 11) is -7.34. The van der Waals surface area contributed by atoms with E-state index in [4.69, 9.17) is 19.7 Å². The Balaban J connectivity index is 2.54. The zero-order valence-corrected chi connectivity index (χ0v) is 14.0. The van der Waals surface area contributed by atoms with Crippen molar-refractivity contribution in [3.05, 3.63) is 32.6 Å². The van der Waals surface area contributed by atoms with E-state index in [1.165, 1.54) is 6.92 Å². The van der Waals surface area contributed by atoms with Crippen molar-refractivity contribution in [3.63, 3.8) is 0 Å². The third-order valence-electron chi connectivity index (χ3n) is 3.49. The van der Waals surface area contributed by atoms with Gasteiger partial charge in [0.2, 0.25) is 8.53 Å². The first-order valence-corrected chi connectivity index (χ1v) is 9.22. The number of hydrogen-bond acceptors (Lipinski definition) is 9. The maximum Gasteiger partial charge on any atom is 0.331 e. The number of aliphatic hydroxyl groups is 1. The number of aromatic amines is 1. The van der Waals surface area contributed by atoms with Crippen molar-refractivity contribution in [3.8, 4) is 0 Å². The van der Waals surface area contributed by atoms with Gasteiger partial charge in [-0.1, -0.05) is 0 Å². The van der Waals surface area contributed by atoms with Crippen LogP contribution in [0.5, 0.6) is 0 Å². The van der Waals surface area contributed by atoms with Crippen LogP contribution in [0.4, 0.5) is 0 Å².